The van der Waals surface area contributed by atoms with E-state index in [-0.39, 0.29) is 10.9 Å². The summed E-state index contributed by atoms with van der Waals surface area (Å²) in [5.41, 5.74) is 0. The number of hydrogen-bond acceptors (Lipinski definition) is 5. The fraction of sp³-hybridized carbons (Fsp3) is 0.571. The predicted octanol–water partition coefficient (Wildman–Crippen LogP) is 0.980. The maximum atomic E-state index is 12.5. The molecular formula is C14H22N2O4S. The number of piperidine rings is 1. The Bertz CT molecular complexity index is 589. The average molecular weight is 314 g/mol. The molecule has 1 aliphatic rings. The lowest BCUT2D eigenvalue weighted by atomic mass is 9.96. The van der Waals surface area contributed by atoms with E-state index in [0.29, 0.717) is 24.0 Å². The van der Waals surface area contributed by atoms with Crippen LogP contribution in [0.1, 0.15) is 13.3 Å². The Labute approximate surface area is 125 Å². The summed E-state index contributed by atoms with van der Waals surface area (Å²) in [5.74, 6) is 1.21. The molecule has 0 bridgehead atoms. The zero-order valence-electron chi connectivity index (χ0n) is 12.5. The van der Waals surface area contributed by atoms with E-state index in [1.165, 1.54) is 26.4 Å². The molecule has 118 valence electrons. The molecule has 1 aliphatic heterocycles. The summed E-state index contributed by atoms with van der Waals surface area (Å²) < 4.78 is 38.0. The Kier molecular flexibility index (Phi) is 5.08. The van der Waals surface area contributed by atoms with E-state index in [1.807, 2.05) is 0 Å². The summed E-state index contributed by atoms with van der Waals surface area (Å²) in [6.45, 7) is 3.63. The molecule has 0 radical (unpaired) electrons. The van der Waals surface area contributed by atoms with Gasteiger partial charge in [-0.2, -0.15) is 0 Å². The summed E-state index contributed by atoms with van der Waals surface area (Å²) in [6, 6.07) is 4.49. The molecule has 0 amide bonds. The van der Waals surface area contributed by atoms with Gasteiger partial charge >= 0.3 is 0 Å². The lowest BCUT2D eigenvalue weighted by Gasteiger charge is -2.30. The zero-order valence-corrected chi connectivity index (χ0v) is 13.4. The van der Waals surface area contributed by atoms with Gasteiger partial charge in [-0.25, -0.2) is 13.1 Å². The van der Waals surface area contributed by atoms with Gasteiger partial charge in [0.15, 0.2) is 11.5 Å². The van der Waals surface area contributed by atoms with Crippen molar-refractivity contribution in [2.24, 2.45) is 5.92 Å². The first-order valence-corrected chi connectivity index (χ1v) is 8.41. The molecule has 0 spiro atoms. The molecule has 2 unspecified atom stereocenters. The van der Waals surface area contributed by atoms with Crippen molar-refractivity contribution >= 4 is 10.0 Å². The third-order valence-corrected chi connectivity index (χ3v) is 5.29. The highest BCUT2D eigenvalue weighted by atomic mass is 32.2. The Morgan fingerprint density at radius 1 is 1.24 bits per heavy atom. The number of nitrogens with one attached hydrogen (secondary N) is 2. The quantitative estimate of drug-likeness (QED) is 0.847. The minimum Gasteiger partial charge on any atom is -0.493 e. The standard InChI is InChI=1S/C14H22N2O4S/c1-10-6-7-15-9-12(10)16-21(17,18)11-4-5-13(19-2)14(8-11)20-3/h4-5,8,10,12,15-16H,6-7,9H2,1-3H3. The molecule has 21 heavy (non-hydrogen) atoms. The number of hydrogen-bond donors (Lipinski definition) is 2. The molecule has 2 rings (SSSR count). The van der Waals surface area contributed by atoms with Crippen LogP contribution in [0, 0.1) is 5.92 Å². The molecular weight excluding hydrogens is 292 g/mol. The van der Waals surface area contributed by atoms with Gasteiger partial charge in [0.2, 0.25) is 10.0 Å². The van der Waals surface area contributed by atoms with E-state index in [2.05, 4.69) is 17.0 Å². The summed E-state index contributed by atoms with van der Waals surface area (Å²) >= 11 is 0. The van der Waals surface area contributed by atoms with Crippen molar-refractivity contribution in [3.8, 4) is 11.5 Å². The van der Waals surface area contributed by atoms with Crippen molar-refractivity contribution in [3.63, 3.8) is 0 Å². The van der Waals surface area contributed by atoms with Crippen molar-refractivity contribution in [2.75, 3.05) is 27.3 Å². The highest BCUT2D eigenvalue weighted by Crippen LogP contribution is 2.29. The van der Waals surface area contributed by atoms with Gasteiger partial charge in [-0.05, 0) is 31.0 Å². The first-order chi connectivity index (χ1) is 9.97. The maximum absolute atomic E-state index is 12.5. The van der Waals surface area contributed by atoms with Crippen LogP contribution in [0.25, 0.3) is 0 Å². The second kappa shape index (κ2) is 6.64. The van der Waals surface area contributed by atoms with Crippen molar-refractivity contribution in [1.29, 1.82) is 0 Å². The van der Waals surface area contributed by atoms with Crippen LogP contribution >= 0.6 is 0 Å². The van der Waals surface area contributed by atoms with Crippen LogP contribution in [0.2, 0.25) is 0 Å². The zero-order chi connectivity index (χ0) is 15.5. The normalized spacial score (nSPS) is 22.8. The number of rotatable bonds is 5. The molecule has 0 aliphatic carbocycles. The fourth-order valence-electron chi connectivity index (χ4n) is 2.40. The van der Waals surface area contributed by atoms with Crippen LogP contribution in [0.3, 0.4) is 0 Å². The first-order valence-electron chi connectivity index (χ1n) is 6.93. The van der Waals surface area contributed by atoms with Gasteiger partial charge in [-0.15, -0.1) is 0 Å². The molecule has 2 atom stereocenters. The lowest BCUT2D eigenvalue weighted by molar-refractivity contribution is 0.327. The number of sulfonamides is 1. The van der Waals surface area contributed by atoms with Gasteiger partial charge in [-0.1, -0.05) is 6.92 Å². The van der Waals surface area contributed by atoms with Crippen LogP contribution in [0.15, 0.2) is 23.1 Å². The van der Waals surface area contributed by atoms with Crippen LogP contribution in [-0.2, 0) is 10.0 Å². The van der Waals surface area contributed by atoms with Gasteiger partial charge in [0.05, 0.1) is 19.1 Å². The number of methoxy groups -OCH3 is 2. The van der Waals surface area contributed by atoms with E-state index in [1.54, 1.807) is 6.07 Å². The van der Waals surface area contributed by atoms with Crippen LogP contribution in [0.4, 0.5) is 0 Å². The molecule has 0 saturated carbocycles. The van der Waals surface area contributed by atoms with E-state index >= 15 is 0 Å². The summed E-state index contributed by atoms with van der Waals surface area (Å²) in [7, 11) is -0.581. The van der Waals surface area contributed by atoms with Crippen molar-refractivity contribution in [2.45, 2.75) is 24.3 Å². The minimum atomic E-state index is -3.58. The SMILES string of the molecule is COc1ccc(S(=O)(=O)NC2CNCCC2C)cc1OC. The highest BCUT2D eigenvalue weighted by Gasteiger charge is 2.27. The van der Waals surface area contributed by atoms with Crippen molar-refractivity contribution in [3.05, 3.63) is 18.2 Å². The first kappa shape index (κ1) is 16.1. The Morgan fingerprint density at radius 3 is 2.57 bits per heavy atom. The van der Waals surface area contributed by atoms with Gasteiger partial charge in [0, 0.05) is 18.7 Å². The summed E-state index contributed by atoms with van der Waals surface area (Å²) in [5, 5.41) is 3.21. The molecule has 6 nitrogen and oxygen atoms in total. The monoisotopic (exact) mass is 314 g/mol. The summed E-state index contributed by atoms with van der Waals surface area (Å²) in [4.78, 5) is 0.179. The Balaban J connectivity index is 2.22. The summed E-state index contributed by atoms with van der Waals surface area (Å²) in [6.07, 6.45) is 0.957. The lowest BCUT2D eigenvalue weighted by Crippen LogP contribution is -2.50. The number of benzene rings is 1. The molecule has 1 saturated heterocycles. The molecule has 2 N–H and O–H groups in total. The maximum Gasteiger partial charge on any atom is 0.241 e. The predicted molar refractivity (Wildman–Crippen MR) is 80.3 cm³/mol. The van der Waals surface area contributed by atoms with E-state index < -0.39 is 10.0 Å². The molecule has 1 heterocycles. The molecule has 1 aromatic carbocycles. The van der Waals surface area contributed by atoms with Crippen molar-refractivity contribution in [1.82, 2.24) is 10.0 Å². The highest BCUT2D eigenvalue weighted by molar-refractivity contribution is 7.89. The Morgan fingerprint density at radius 2 is 1.95 bits per heavy atom. The molecule has 1 fully saturated rings. The number of ether oxygens (including phenoxy) is 2. The minimum absolute atomic E-state index is 0.100. The third kappa shape index (κ3) is 3.66. The van der Waals surface area contributed by atoms with E-state index in [9.17, 15) is 8.42 Å². The molecule has 7 heteroatoms. The third-order valence-electron chi connectivity index (χ3n) is 3.80. The van der Waals surface area contributed by atoms with Gasteiger partial charge in [0.25, 0.3) is 0 Å². The second-order valence-corrected chi connectivity index (χ2v) is 6.93. The average Bonchev–Trinajstić information content (AvgIpc) is 2.48. The van der Waals surface area contributed by atoms with Gasteiger partial charge < -0.3 is 14.8 Å². The van der Waals surface area contributed by atoms with E-state index in [4.69, 9.17) is 9.47 Å². The smallest absolute Gasteiger partial charge is 0.241 e. The Hall–Kier alpha value is -1.31. The molecule has 0 aromatic heterocycles. The van der Waals surface area contributed by atoms with Gasteiger partial charge in [0.1, 0.15) is 0 Å². The second-order valence-electron chi connectivity index (χ2n) is 5.21. The largest absolute Gasteiger partial charge is 0.493 e. The fourth-order valence-corrected chi connectivity index (χ4v) is 3.76. The van der Waals surface area contributed by atoms with Crippen LogP contribution in [0.5, 0.6) is 11.5 Å². The topological polar surface area (TPSA) is 76.7 Å². The van der Waals surface area contributed by atoms with Crippen LogP contribution < -0.4 is 19.5 Å². The van der Waals surface area contributed by atoms with Crippen LogP contribution in [-0.4, -0.2) is 41.8 Å². The van der Waals surface area contributed by atoms with Crippen molar-refractivity contribution < 1.29 is 17.9 Å². The van der Waals surface area contributed by atoms with E-state index in [0.717, 1.165) is 13.0 Å². The van der Waals surface area contributed by atoms with Gasteiger partial charge in [-0.3, -0.25) is 0 Å². The molecule has 1 aromatic rings.